The zero-order chi connectivity index (χ0) is 27.3. The van der Waals surface area contributed by atoms with E-state index in [1.54, 1.807) is 36.4 Å². The third-order valence-corrected chi connectivity index (χ3v) is 8.59. The Labute approximate surface area is 239 Å². The fraction of sp³-hybridized carbons (Fsp3) is 0.310. The second-order valence-electron chi connectivity index (χ2n) is 10.1. The van der Waals surface area contributed by atoms with E-state index in [-0.39, 0.29) is 35.1 Å². The van der Waals surface area contributed by atoms with Gasteiger partial charge in [0.1, 0.15) is 23.1 Å². The molecular weight excluding hydrogens is 566 g/mol. The maximum atomic E-state index is 14.8. The number of fused-ring (bicyclic) bond motifs is 2. The van der Waals surface area contributed by atoms with E-state index in [9.17, 15) is 14.0 Å². The van der Waals surface area contributed by atoms with Crippen LogP contribution < -0.4 is 15.4 Å². The van der Waals surface area contributed by atoms with Gasteiger partial charge in [-0.1, -0.05) is 53.0 Å². The number of benzene rings is 3. The lowest BCUT2D eigenvalue weighted by molar-refractivity contribution is -0.131. The van der Waals surface area contributed by atoms with Crippen molar-refractivity contribution in [2.45, 2.75) is 42.7 Å². The van der Waals surface area contributed by atoms with Crippen LogP contribution >= 0.6 is 34.8 Å². The third kappa shape index (κ3) is 4.55. The lowest BCUT2D eigenvalue weighted by Crippen LogP contribution is -2.57. The lowest BCUT2D eigenvalue weighted by Gasteiger charge is -2.46. The van der Waals surface area contributed by atoms with Crippen molar-refractivity contribution in [3.05, 3.63) is 92.2 Å². The summed E-state index contributed by atoms with van der Waals surface area (Å²) in [5.74, 6) is -1.66. The number of amides is 2. The van der Waals surface area contributed by atoms with Gasteiger partial charge in [0.05, 0.1) is 24.3 Å². The molecule has 2 fully saturated rings. The van der Waals surface area contributed by atoms with E-state index >= 15 is 0 Å². The first-order valence-corrected chi connectivity index (χ1v) is 13.8. The van der Waals surface area contributed by atoms with E-state index in [0.717, 1.165) is 5.56 Å². The van der Waals surface area contributed by atoms with Crippen LogP contribution in [0.3, 0.4) is 0 Å². The summed E-state index contributed by atoms with van der Waals surface area (Å²) in [6.07, 6.45) is 1.05. The molecule has 3 atom stereocenters. The summed E-state index contributed by atoms with van der Waals surface area (Å²) in [5.41, 5.74) is 0.990. The second-order valence-corrected chi connectivity index (χ2v) is 11.3. The Hall–Kier alpha value is -2.84. The largest absolute Gasteiger partial charge is 0.490 e. The predicted octanol–water partition coefficient (Wildman–Crippen LogP) is 6.58. The summed E-state index contributed by atoms with van der Waals surface area (Å²) in [4.78, 5) is 27.5. The number of ether oxygens (including phenoxy) is 2. The summed E-state index contributed by atoms with van der Waals surface area (Å²) in [5, 5.41) is 6.81. The first-order chi connectivity index (χ1) is 18.8. The molecule has 0 aromatic heterocycles. The van der Waals surface area contributed by atoms with Gasteiger partial charge >= 0.3 is 0 Å². The van der Waals surface area contributed by atoms with Crippen molar-refractivity contribution in [3.8, 4) is 5.75 Å². The minimum absolute atomic E-state index is 0.0252. The van der Waals surface area contributed by atoms with Crippen molar-refractivity contribution in [3.63, 3.8) is 0 Å². The molecule has 39 heavy (non-hydrogen) atoms. The topological polar surface area (TPSA) is 76.7 Å². The van der Waals surface area contributed by atoms with Crippen LogP contribution in [-0.4, -0.2) is 31.1 Å². The van der Waals surface area contributed by atoms with Gasteiger partial charge in [0.15, 0.2) is 0 Å². The molecule has 3 heterocycles. The second kappa shape index (κ2) is 10.3. The molecule has 6 rings (SSSR count). The highest BCUT2D eigenvalue weighted by molar-refractivity contribution is 6.31. The maximum Gasteiger partial charge on any atom is 0.238 e. The van der Waals surface area contributed by atoms with Crippen LogP contribution in [0.1, 0.15) is 47.9 Å². The van der Waals surface area contributed by atoms with Gasteiger partial charge < -0.3 is 20.1 Å². The molecule has 0 saturated carbocycles. The monoisotopic (exact) mass is 588 g/mol. The van der Waals surface area contributed by atoms with Crippen LogP contribution in [0.4, 0.5) is 10.1 Å². The number of carbonyl (C=O) groups excluding carboxylic acids is 2. The van der Waals surface area contributed by atoms with Crippen molar-refractivity contribution in [2.24, 2.45) is 0 Å². The van der Waals surface area contributed by atoms with Gasteiger partial charge in [-0.25, -0.2) is 4.39 Å². The lowest BCUT2D eigenvalue weighted by atomic mass is 9.59. The first-order valence-electron chi connectivity index (χ1n) is 12.7. The average molecular weight is 590 g/mol. The summed E-state index contributed by atoms with van der Waals surface area (Å²) in [6, 6.07) is 14.1. The molecule has 2 saturated heterocycles. The van der Waals surface area contributed by atoms with Crippen LogP contribution in [0.15, 0.2) is 54.6 Å². The van der Waals surface area contributed by atoms with Gasteiger partial charge in [-0.15, -0.1) is 0 Å². The summed E-state index contributed by atoms with van der Waals surface area (Å²) < 4.78 is 26.6. The minimum Gasteiger partial charge on any atom is -0.490 e. The van der Waals surface area contributed by atoms with Gasteiger partial charge in [0, 0.05) is 52.5 Å². The normalized spacial score (nSPS) is 24.8. The number of hydrogen-bond acceptors (Lipinski definition) is 4. The van der Waals surface area contributed by atoms with Crippen LogP contribution in [0.25, 0.3) is 0 Å². The molecule has 1 spiro atoms. The van der Waals surface area contributed by atoms with E-state index in [1.165, 1.54) is 12.1 Å². The van der Waals surface area contributed by atoms with Crippen molar-refractivity contribution in [2.75, 3.05) is 18.5 Å². The molecule has 3 aliphatic heterocycles. The van der Waals surface area contributed by atoms with Gasteiger partial charge in [-0.3, -0.25) is 9.59 Å². The van der Waals surface area contributed by atoms with E-state index in [1.807, 2.05) is 6.07 Å². The number of halogens is 4. The molecule has 3 aromatic rings. The highest BCUT2D eigenvalue weighted by Gasteiger charge is 2.61. The number of anilines is 1. The Balaban J connectivity index is 1.59. The summed E-state index contributed by atoms with van der Waals surface area (Å²) in [7, 11) is 0. The fourth-order valence-electron chi connectivity index (χ4n) is 6.11. The Bertz CT molecular complexity index is 1480. The van der Waals surface area contributed by atoms with Crippen molar-refractivity contribution >= 4 is 52.3 Å². The first kappa shape index (κ1) is 26.4. The Morgan fingerprint density at radius 1 is 0.974 bits per heavy atom. The number of hydrogen-bond donors (Lipinski definition) is 2. The van der Waals surface area contributed by atoms with Gasteiger partial charge in [-0.2, -0.15) is 0 Å². The standard InChI is InChI=1S/C29H24Cl3FN2O4/c30-16-3-1-2-15(10-16)21-13-26(36)35-27(29(21)20-5-4-17(31)11-24(20)34-28(29)37)19-12-22(32)23(33)14-25(19)39-18-6-8-38-9-7-18/h1-5,10-12,14,18,21,27H,6-9,13H2,(H,34,37)(H,35,36)/t21-,27-,29-/m0/s1. The number of rotatable bonds is 4. The number of piperidine rings is 1. The van der Waals surface area contributed by atoms with Crippen LogP contribution in [0.5, 0.6) is 5.75 Å². The molecule has 3 aromatic carbocycles. The molecule has 0 bridgehead atoms. The quantitative estimate of drug-likeness (QED) is 0.361. The van der Waals surface area contributed by atoms with Crippen molar-refractivity contribution in [1.82, 2.24) is 5.32 Å². The zero-order valence-corrected chi connectivity index (χ0v) is 22.9. The van der Waals surface area contributed by atoms with Crippen molar-refractivity contribution in [1.29, 1.82) is 0 Å². The van der Waals surface area contributed by atoms with E-state index in [4.69, 9.17) is 44.3 Å². The summed E-state index contributed by atoms with van der Waals surface area (Å²) in [6.45, 7) is 1.04. The Morgan fingerprint density at radius 2 is 1.74 bits per heavy atom. The number of carbonyl (C=O) groups is 2. The van der Waals surface area contributed by atoms with Gasteiger partial charge in [0.25, 0.3) is 0 Å². The molecule has 6 nitrogen and oxygen atoms in total. The van der Waals surface area contributed by atoms with E-state index < -0.39 is 23.2 Å². The molecule has 0 aliphatic carbocycles. The van der Waals surface area contributed by atoms with Gasteiger partial charge in [-0.05, 0) is 41.5 Å². The van der Waals surface area contributed by atoms with Gasteiger partial charge in [0.2, 0.25) is 11.8 Å². The van der Waals surface area contributed by atoms with E-state index in [2.05, 4.69) is 10.6 Å². The summed E-state index contributed by atoms with van der Waals surface area (Å²) >= 11 is 19.0. The molecule has 0 unspecified atom stereocenters. The number of nitrogens with one attached hydrogen (secondary N) is 2. The molecule has 2 amide bonds. The smallest absolute Gasteiger partial charge is 0.238 e. The Kier molecular flexibility index (Phi) is 6.96. The molecule has 202 valence electrons. The molecule has 0 radical (unpaired) electrons. The highest BCUT2D eigenvalue weighted by Crippen LogP contribution is 2.58. The highest BCUT2D eigenvalue weighted by atomic mass is 35.5. The third-order valence-electron chi connectivity index (χ3n) is 7.83. The maximum absolute atomic E-state index is 14.8. The van der Waals surface area contributed by atoms with E-state index in [0.29, 0.717) is 52.9 Å². The molecule has 10 heteroatoms. The minimum atomic E-state index is -1.34. The van der Waals surface area contributed by atoms with Crippen LogP contribution in [0, 0.1) is 5.82 Å². The SMILES string of the molecule is O=C1C[C@@H](c2cccc(Cl)c2)[C@]2(C(=O)Nc3cc(Cl)ccc32)[C@H](c2cc(Cl)c(F)cc2OC2CCOCC2)N1. The molecule has 3 aliphatic rings. The van der Waals surface area contributed by atoms with Crippen LogP contribution in [0.2, 0.25) is 15.1 Å². The predicted molar refractivity (Wildman–Crippen MR) is 147 cm³/mol. The Morgan fingerprint density at radius 3 is 2.51 bits per heavy atom. The fourth-order valence-corrected chi connectivity index (χ4v) is 6.66. The molecular formula is C29H24Cl3FN2O4. The molecule has 2 N–H and O–H groups in total. The van der Waals surface area contributed by atoms with Crippen molar-refractivity contribution < 1.29 is 23.5 Å². The average Bonchev–Trinajstić information content (AvgIpc) is 3.19. The zero-order valence-electron chi connectivity index (χ0n) is 20.6. The van der Waals surface area contributed by atoms with Crippen LogP contribution in [-0.2, 0) is 19.7 Å².